The minimum atomic E-state index is -0.0869. The standard InChI is InChI=1S/C17H25NO3S/c1-13(17(19)18-10-6-4-5-7-11-18)22-14-8-9-15(20-2)16(12-14)21-3/h8-9,12-13H,4-7,10-11H2,1-3H3. The highest BCUT2D eigenvalue weighted by Gasteiger charge is 2.22. The molecule has 0 saturated carbocycles. The highest BCUT2D eigenvalue weighted by atomic mass is 32.2. The van der Waals surface area contributed by atoms with Gasteiger partial charge in [-0.1, -0.05) is 12.8 Å². The van der Waals surface area contributed by atoms with E-state index in [1.807, 2.05) is 30.0 Å². The topological polar surface area (TPSA) is 38.8 Å². The molecule has 0 aromatic heterocycles. The van der Waals surface area contributed by atoms with E-state index in [-0.39, 0.29) is 11.2 Å². The second-order valence-electron chi connectivity index (χ2n) is 5.52. The van der Waals surface area contributed by atoms with E-state index in [2.05, 4.69) is 0 Å². The number of ether oxygens (including phenoxy) is 2. The van der Waals surface area contributed by atoms with Gasteiger partial charge in [0.15, 0.2) is 11.5 Å². The third-order valence-electron chi connectivity index (χ3n) is 3.93. The minimum absolute atomic E-state index is 0.0869. The number of rotatable bonds is 5. The molecule has 0 bridgehead atoms. The van der Waals surface area contributed by atoms with Gasteiger partial charge < -0.3 is 14.4 Å². The molecule has 1 aromatic carbocycles. The van der Waals surface area contributed by atoms with Crippen molar-refractivity contribution in [2.45, 2.75) is 42.8 Å². The summed E-state index contributed by atoms with van der Waals surface area (Å²) in [5.74, 6) is 1.64. The number of carbonyl (C=O) groups excluding carboxylic acids is 1. The Kier molecular flexibility index (Phi) is 6.43. The molecule has 122 valence electrons. The minimum Gasteiger partial charge on any atom is -0.493 e. The van der Waals surface area contributed by atoms with Crippen LogP contribution in [0.15, 0.2) is 23.1 Å². The van der Waals surface area contributed by atoms with Gasteiger partial charge in [0, 0.05) is 18.0 Å². The first-order valence-corrected chi connectivity index (χ1v) is 8.71. The molecule has 1 aliphatic rings. The molecule has 1 atom stereocenters. The quantitative estimate of drug-likeness (QED) is 0.776. The lowest BCUT2D eigenvalue weighted by Gasteiger charge is -2.24. The Labute approximate surface area is 137 Å². The van der Waals surface area contributed by atoms with E-state index in [0.717, 1.165) is 30.8 Å². The number of hydrogen-bond acceptors (Lipinski definition) is 4. The number of amides is 1. The largest absolute Gasteiger partial charge is 0.493 e. The summed E-state index contributed by atoms with van der Waals surface area (Å²) in [5, 5.41) is -0.0869. The van der Waals surface area contributed by atoms with Crippen LogP contribution in [0, 0.1) is 0 Å². The summed E-state index contributed by atoms with van der Waals surface area (Å²) >= 11 is 1.57. The molecule has 1 heterocycles. The number of carbonyl (C=O) groups is 1. The van der Waals surface area contributed by atoms with E-state index in [0.29, 0.717) is 11.5 Å². The Hall–Kier alpha value is -1.36. The summed E-state index contributed by atoms with van der Waals surface area (Å²) in [6.07, 6.45) is 4.72. The van der Waals surface area contributed by atoms with Gasteiger partial charge in [-0.3, -0.25) is 4.79 Å². The van der Waals surface area contributed by atoms with Crippen molar-refractivity contribution in [3.05, 3.63) is 18.2 Å². The van der Waals surface area contributed by atoms with Crippen LogP contribution in [-0.4, -0.2) is 43.4 Å². The third kappa shape index (κ3) is 4.32. The van der Waals surface area contributed by atoms with Gasteiger partial charge in [0.1, 0.15) is 0 Å². The number of benzene rings is 1. The van der Waals surface area contributed by atoms with Crippen LogP contribution in [0.3, 0.4) is 0 Å². The first-order chi connectivity index (χ1) is 10.7. The molecule has 22 heavy (non-hydrogen) atoms. The summed E-state index contributed by atoms with van der Waals surface area (Å²) in [5.41, 5.74) is 0. The monoisotopic (exact) mass is 323 g/mol. The molecule has 1 aromatic rings. The van der Waals surface area contributed by atoms with Crippen molar-refractivity contribution >= 4 is 17.7 Å². The molecule has 1 unspecified atom stereocenters. The fraction of sp³-hybridized carbons (Fsp3) is 0.588. The predicted molar refractivity (Wildman–Crippen MR) is 89.9 cm³/mol. The number of nitrogens with zero attached hydrogens (tertiary/aromatic N) is 1. The van der Waals surface area contributed by atoms with Crippen molar-refractivity contribution in [2.24, 2.45) is 0 Å². The van der Waals surface area contributed by atoms with Gasteiger partial charge >= 0.3 is 0 Å². The zero-order valence-corrected chi connectivity index (χ0v) is 14.4. The molecular weight excluding hydrogens is 298 g/mol. The van der Waals surface area contributed by atoms with Crippen molar-refractivity contribution in [3.8, 4) is 11.5 Å². The average Bonchev–Trinajstić information content (AvgIpc) is 2.83. The lowest BCUT2D eigenvalue weighted by atomic mass is 10.2. The Morgan fingerprint density at radius 2 is 1.73 bits per heavy atom. The molecule has 0 radical (unpaired) electrons. The van der Waals surface area contributed by atoms with Crippen LogP contribution in [0.2, 0.25) is 0 Å². The highest BCUT2D eigenvalue weighted by Crippen LogP contribution is 2.34. The summed E-state index contributed by atoms with van der Waals surface area (Å²) in [6.45, 7) is 3.78. The normalized spacial score (nSPS) is 16.8. The third-order valence-corrected chi connectivity index (χ3v) is 5.01. The number of thioether (sulfide) groups is 1. The number of hydrogen-bond donors (Lipinski definition) is 0. The van der Waals surface area contributed by atoms with Crippen molar-refractivity contribution in [1.29, 1.82) is 0 Å². The van der Waals surface area contributed by atoms with Gasteiger partial charge in [0.2, 0.25) is 5.91 Å². The van der Waals surface area contributed by atoms with Crippen LogP contribution in [0.25, 0.3) is 0 Å². The first kappa shape index (κ1) is 17.0. The van der Waals surface area contributed by atoms with Crippen LogP contribution in [0.5, 0.6) is 11.5 Å². The maximum atomic E-state index is 12.6. The molecule has 4 nitrogen and oxygen atoms in total. The Bertz CT molecular complexity index is 499. The number of methoxy groups -OCH3 is 2. The zero-order chi connectivity index (χ0) is 15.9. The fourth-order valence-electron chi connectivity index (χ4n) is 2.69. The van der Waals surface area contributed by atoms with Crippen LogP contribution < -0.4 is 9.47 Å². The van der Waals surface area contributed by atoms with Gasteiger partial charge in [-0.05, 0) is 38.0 Å². The van der Waals surface area contributed by atoms with Gasteiger partial charge in [-0.15, -0.1) is 11.8 Å². The summed E-state index contributed by atoms with van der Waals surface area (Å²) in [6, 6.07) is 5.78. The van der Waals surface area contributed by atoms with E-state index in [9.17, 15) is 4.79 Å². The van der Waals surface area contributed by atoms with Gasteiger partial charge in [0.05, 0.1) is 19.5 Å². The molecule has 1 saturated heterocycles. The summed E-state index contributed by atoms with van der Waals surface area (Å²) < 4.78 is 10.6. The molecule has 2 rings (SSSR count). The second kappa shape index (κ2) is 8.32. The fourth-order valence-corrected chi connectivity index (χ4v) is 3.67. The van der Waals surface area contributed by atoms with E-state index < -0.39 is 0 Å². The van der Waals surface area contributed by atoms with Crippen LogP contribution >= 0.6 is 11.8 Å². The van der Waals surface area contributed by atoms with E-state index >= 15 is 0 Å². The van der Waals surface area contributed by atoms with Crippen LogP contribution in [-0.2, 0) is 4.79 Å². The lowest BCUT2D eigenvalue weighted by molar-refractivity contribution is -0.130. The molecule has 1 aliphatic heterocycles. The second-order valence-corrected chi connectivity index (χ2v) is 6.93. The SMILES string of the molecule is COc1ccc(SC(C)C(=O)N2CCCCCC2)cc1OC. The number of likely N-dealkylation sites (tertiary alicyclic amines) is 1. The van der Waals surface area contributed by atoms with E-state index in [1.54, 1.807) is 26.0 Å². The maximum absolute atomic E-state index is 12.6. The summed E-state index contributed by atoms with van der Waals surface area (Å²) in [7, 11) is 3.24. The highest BCUT2D eigenvalue weighted by molar-refractivity contribution is 8.00. The van der Waals surface area contributed by atoms with E-state index in [4.69, 9.17) is 9.47 Å². The van der Waals surface area contributed by atoms with Crippen molar-refractivity contribution in [3.63, 3.8) is 0 Å². The lowest BCUT2D eigenvalue weighted by Crippen LogP contribution is -2.37. The smallest absolute Gasteiger partial charge is 0.235 e. The Morgan fingerprint density at radius 3 is 2.32 bits per heavy atom. The van der Waals surface area contributed by atoms with Crippen molar-refractivity contribution in [1.82, 2.24) is 4.90 Å². The molecule has 1 amide bonds. The van der Waals surface area contributed by atoms with Crippen LogP contribution in [0.1, 0.15) is 32.6 Å². The summed E-state index contributed by atoms with van der Waals surface area (Å²) in [4.78, 5) is 15.6. The Morgan fingerprint density at radius 1 is 1.09 bits per heavy atom. The molecule has 0 N–H and O–H groups in total. The zero-order valence-electron chi connectivity index (χ0n) is 13.6. The Balaban J connectivity index is 2.01. The first-order valence-electron chi connectivity index (χ1n) is 7.83. The predicted octanol–water partition coefficient (Wildman–Crippen LogP) is 3.59. The molecule has 5 heteroatoms. The molecule has 1 fully saturated rings. The molecular formula is C17H25NO3S. The molecule has 0 spiro atoms. The maximum Gasteiger partial charge on any atom is 0.235 e. The van der Waals surface area contributed by atoms with Gasteiger partial charge in [-0.2, -0.15) is 0 Å². The van der Waals surface area contributed by atoms with Gasteiger partial charge in [0.25, 0.3) is 0 Å². The van der Waals surface area contributed by atoms with Crippen molar-refractivity contribution in [2.75, 3.05) is 27.3 Å². The van der Waals surface area contributed by atoms with Crippen molar-refractivity contribution < 1.29 is 14.3 Å². The molecule has 0 aliphatic carbocycles. The average molecular weight is 323 g/mol. The van der Waals surface area contributed by atoms with E-state index in [1.165, 1.54) is 12.8 Å². The van der Waals surface area contributed by atoms with Gasteiger partial charge in [-0.25, -0.2) is 0 Å². The van der Waals surface area contributed by atoms with Crippen LogP contribution in [0.4, 0.5) is 0 Å².